The van der Waals surface area contributed by atoms with Gasteiger partial charge in [-0.15, -0.1) is 0 Å². The van der Waals surface area contributed by atoms with Gasteiger partial charge < -0.3 is 18.8 Å². The molecule has 0 saturated heterocycles. The lowest BCUT2D eigenvalue weighted by Gasteiger charge is -2.24. The molecule has 2 aliphatic heterocycles. The first kappa shape index (κ1) is 31.0. The van der Waals surface area contributed by atoms with Gasteiger partial charge in [0.25, 0.3) is 11.5 Å². The summed E-state index contributed by atoms with van der Waals surface area (Å²) in [5, 5.41) is 0. The Bertz CT molecular complexity index is 2020. The first-order valence-corrected chi connectivity index (χ1v) is 16.1. The van der Waals surface area contributed by atoms with Crippen molar-refractivity contribution in [3.8, 4) is 5.75 Å². The number of anilines is 1. The summed E-state index contributed by atoms with van der Waals surface area (Å²) in [6, 6.07) is 16.2. The van der Waals surface area contributed by atoms with Crippen molar-refractivity contribution in [2.24, 2.45) is 4.99 Å². The van der Waals surface area contributed by atoms with Crippen molar-refractivity contribution >= 4 is 40.4 Å². The second-order valence-corrected chi connectivity index (χ2v) is 12.1. The van der Waals surface area contributed by atoms with Gasteiger partial charge in [0.1, 0.15) is 10.3 Å². The lowest BCUT2D eigenvalue weighted by molar-refractivity contribution is -0.136. The molecule has 0 aliphatic carbocycles. The van der Waals surface area contributed by atoms with Crippen LogP contribution in [0.1, 0.15) is 73.7 Å². The number of para-hydroxylation sites is 1. The van der Waals surface area contributed by atoms with Crippen LogP contribution in [0.15, 0.2) is 92.4 Å². The van der Waals surface area contributed by atoms with Crippen LogP contribution in [0, 0.1) is 0 Å². The number of hydrogen-bond acceptors (Lipinski definition) is 9. The molecule has 0 radical (unpaired) electrons. The molecule has 0 N–H and O–H groups in total. The third-order valence-electron chi connectivity index (χ3n) is 8.17. The zero-order valence-electron chi connectivity index (χ0n) is 25.8. The highest BCUT2D eigenvalue weighted by Crippen LogP contribution is 2.36. The molecule has 0 saturated carbocycles. The Morgan fingerprint density at radius 1 is 0.957 bits per heavy atom. The SMILES string of the molecule is CCCCCCCN1C(=O)C(=c2sc3n(c2=O)C(c2ccc(OC(=O)c4ccco4)cc2)C(C(=O)OC)=C(C)N=3)c2ccccc21. The van der Waals surface area contributed by atoms with Gasteiger partial charge >= 0.3 is 11.9 Å². The van der Waals surface area contributed by atoms with Gasteiger partial charge in [-0.25, -0.2) is 14.6 Å². The van der Waals surface area contributed by atoms with Crippen molar-refractivity contribution in [1.82, 2.24) is 4.57 Å². The average molecular weight is 640 g/mol. The van der Waals surface area contributed by atoms with Gasteiger partial charge in [0.05, 0.1) is 41.9 Å². The molecular formula is C35H33N3O7S. The molecule has 4 aromatic rings. The Morgan fingerprint density at radius 2 is 1.72 bits per heavy atom. The van der Waals surface area contributed by atoms with E-state index in [1.807, 2.05) is 24.3 Å². The number of allylic oxidation sites excluding steroid dienone is 1. The number of thiazole rings is 1. The minimum absolute atomic E-state index is 0.0575. The number of esters is 2. The Kier molecular flexibility index (Phi) is 8.85. The lowest BCUT2D eigenvalue weighted by Crippen LogP contribution is -2.41. The van der Waals surface area contributed by atoms with Crippen LogP contribution in [0.25, 0.3) is 5.57 Å². The van der Waals surface area contributed by atoms with Gasteiger partial charge in [-0.3, -0.25) is 14.2 Å². The van der Waals surface area contributed by atoms with E-state index in [-0.39, 0.29) is 27.5 Å². The summed E-state index contributed by atoms with van der Waals surface area (Å²) in [6.07, 6.45) is 6.67. The number of fused-ring (bicyclic) bond motifs is 2. The Labute approximate surface area is 268 Å². The number of unbranched alkanes of at least 4 members (excludes halogenated alkanes) is 4. The third kappa shape index (κ3) is 5.62. The van der Waals surface area contributed by atoms with Crippen molar-refractivity contribution < 1.29 is 28.3 Å². The molecule has 4 heterocycles. The number of furan rings is 1. The number of methoxy groups -OCH3 is 1. The van der Waals surface area contributed by atoms with Crippen LogP contribution < -0.4 is 24.5 Å². The fourth-order valence-electron chi connectivity index (χ4n) is 5.92. The van der Waals surface area contributed by atoms with Crippen LogP contribution in [0.2, 0.25) is 0 Å². The second-order valence-electron chi connectivity index (χ2n) is 11.1. The van der Waals surface area contributed by atoms with E-state index in [4.69, 9.17) is 13.9 Å². The van der Waals surface area contributed by atoms with Gasteiger partial charge in [-0.05, 0) is 49.2 Å². The van der Waals surface area contributed by atoms with Gasteiger partial charge in [0.15, 0.2) is 4.80 Å². The highest BCUT2D eigenvalue weighted by molar-refractivity contribution is 7.07. The molecule has 46 heavy (non-hydrogen) atoms. The fraction of sp³-hybridized carbons (Fsp3) is 0.286. The molecule has 1 unspecified atom stereocenters. The predicted molar refractivity (Wildman–Crippen MR) is 172 cm³/mol. The smallest absolute Gasteiger partial charge is 0.379 e. The monoisotopic (exact) mass is 639 g/mol. The number of nitrogens with zero attached hydrogens (tertiary/aromatic N) is 3. The van der Waals surface area contributed by atoms with Crippen molar-refractivity contribution in [2.45, 2.75) is 52.0 Å². The summed E-state index contributed by atoms with van der Waals surface area (Å²) >= 11 is 1.13. The molecule has 236 valence electrons. The highest BCUT2D eigenvalue weighted by Gasteiger charge is 2.37. The van der Waals surface area contributed by atoms with Crippen LogP contribution in [0.4, 0.5) is 5.69 Å². The van der Waals surface area contributed by atoms with Gasteiger partial charge in [0.2, 0.25) is 5.76 Å². The second kappa shape index (κ2) is 13.1. The lowest BCUT2D eigenvalue weighted by atomic mass is 9.96. The summed E-state index contributed by atoms with van der Waals surface area (Å²) in [4.78, 5) is 60.6. The molecule has 2 aromatic heterocycles. The third-order valence-corrected chi connectivity index (χ3v) is 9.22. The minimum atomic E-state index is -0.894. The molecule has 2 aromatic carbocycles. The average Bonchev–Trinajstić information content (AvgIpc) is 3.78. The van der Waals surface area contributed by atoms with Gasteiger partial charge in [-0.2, -0.15) is 0 Å². The first-order chi connectivity index (χ1) is 22.3. The number of ether oxygens (including phenoxy) is 2. The number of rotatable bonds is 10. The Balaban J connectivity index is 1.43. The number of benzene rings is 2. The normalized spacial score (nSPS) is 16.6. The summed E-state index contributed by atoms with van der Waals surface area (Å²) in [5.74, 6) is -1.20. The largest absolute Gasteiger partial charge is 0.466 e. The summed E-state index contributed by atoms with van der Waals surface area (Å²) < 4.78 is 17.3. The van der Waals surface area contributed by atoms with E-state index in [0.717, 1.165) is 49.1 Å². The molecule has 11 heteroatoms. The maximum Gasteiger partial charge on any atom is 0.379 e. The van der Waals surface area contributed by atoms with E-state index in [1.54, 1.807) is 42.2 Å². The molecule has 1 atom stereocenters. The molecule has 1 amide bonds. The number of carbonyl (C=O) groups is 3. The standard InChI is InChI=1S/C35H33N3O7S/c1-4-5-6-7-10-19-37-25-13-9-8-12-24(25)28(31(37)39)30-32(40)38-29(27(34(42)43-3)21(2)36-35(38)46-30)22-15-17-23(18-16-22)45-33(41)26-14-11-20-44-26/h8-9,11-18,20,29H,4-7,10,19H2,1-3H3. The van der Waals surface area contributed by atoms with E-state index >= 15 is 0 Å². The zero-order chi connectivity index (χ0) is 32.4. The Hall–Kier alpha value is -5.03. The van der Waals surface area contributed by atoms with Crippen LogP contribution in [-0.4, -0.2) is 36.1 Å². The Morgan fingerprint density at radius 3 is 2.43 bits per heavy atom. The van der Waals surface area contributed by atoms with Crippen LogP contribution in [-0.2, 0) is 14.3 Å². The molecule has 0 fully saturated rings. The van der Waals surface area contributed by atoms with Gasteiger partial charge in [-0.1, -0.05) is 74.3 Å². The number of carbonyl (C=O) groups excluding carboxylic acids is 3. The maximum atomic E-state index is 14.4. The summed E-state index contributed by atoms with van der Waals surface area (Å²) in [6.45, 7) is 4.42. The summed E-state index contributed by atoms with van der Waals surface area (Å²) in [5.41, 5.74) is 2.55. The quantitative estimate of drug-likeness (QED) is 0.137. The van der Waals surface area contributed by atoms with Gasteiger partial charge in [0, 0.05) is 12.1 Å². The van der Waals surface area contributed by atoms with Crippen molar-refractivity contribution in [3.63, 3.8) is 0 Å². The predicted octanol–water partition coefficient (Wildman–Crippen LogP) is 4.91. The first-order valence-electron chi connectivity index (χ1n) is 15.2. The van der Waals surface area contributed by atoms with E-state index in [1.165, 1.54) is 24.0 Å². The molecule has 6 rings (SSSR count). The summed E-state index contributed by atoms with van der Waals surface area (Å²) in [7, 11) is 1.27. The highest BCUT2D eigenvalue weighted by atomic mass is 32.1. The van der Waals surface area contributed by atoms with Crippen molar-refractivity contribution in [3.05, 3.63) is 115 Å². The molecule has 0 bridgehead atoms. The molecule has 10 nitrogen and oxygen atoms in total. The van der Waals surface area contributed by atoms with E-state index in [2.05, 4.69) is 11.9 Å². The van der Waals surface area contributed by atoms with Crippen LogP contribution in [0.3, 0.4) is 0 Å². The molecular weight excluding hydrogens is 606 g/mol. The maximum absolute atomic E-state index is 14.4. The number of aromatic nitrogens is 1. The molecule has 2 aliphatic rings. The fourth-order valence-corrected chi connectivity index (χ4v) is 7.06. The van der Waals surface area contributed by atoms with Crippen LogP contribution >= 0.6 is 11.3 Å². The topological polar surface area (TPSA) is 120 Å². The van der Waals surface area contributed by atoms with Crippen LogP contribution in [0.5, 0.6) is 5.75 Å². The zero-order valence-corrected chi connectivity index (χ0v) is 26.6. The van der Waals surface area contributed by atoms with E-state index in [0.29, 0.717) is 33.7 Å². The minimum Gasteiger partial charge on any atom is -0.466 e. The number of hydrogen-bond donors (Lipinski definition) is 0. The van der Waals surface area contributed by atoms with E-state index < -0.39 is 23.5 Å². The van der Waals surface area contributed by atoms with Crippen molar-refractivity contribution in [1.29, 1.82) is 0 Å². The molecule has 0 spiro atoms. The van der Waals surface area contributed by atoms with Crippen molar-refractivity contribution in [2.75, 3.05) is 18.6 Å². The number of amides is 1. The van der Waals surface area contributed by atoms with E-state index in [9.17, 15) is 19.2 Å².